The minimum Gasteiger partial charge on any atom is -0.476 e. The number of rotatable bonds is 2. The van der Waals surface area contributed by atoms with Crippen molar-refractivity contribution in [1.82, 2.24) is 9.78 Å². The largest absolute Gasteiger partial charge is 0.476 e. The zero-order valence-electron chi connectivity index (χ0n) is 11.5. The number of para-hydroxylation sites is 1. The summed E-state index contributed by atoms with van der Waals surface area (Å²) in [5.74, 6) is 0.522. The minimum atomic E-state index is -0.125. The zero-order chi connectivity index (χ0) is 14.1. The summed E-state index contributed by atoms with van der Waals surface area (Å²) in [6.45, 7) is 4.19. The van der Waals surface area contributed by atoms with Gasteiger partial charge in [0.05, 0.1) is 18.2 Å². The highest BCUT2D eigenvalue weighted by Crippen LogP contribution is 2.33. The third-order valence-corrected chi connectivity index (χ3v) is 3.36. The smallest absolute Gasteiger partial charge is 0.228 e. The lowest BCUT2D eigenvalue weighted by Gasteiger charge is -2.19. The Bertz CT molecular complexity index is 671. The van der Waals surface area contributed by atoms with Gasteiger partial charge in [0, 0.05) is 0 Å². The van der Waals surface area contributed by atoms with Gasteiger partial charge in [-0.05, 0) is 25.1 Å². The summed E-state index contributed by atoms with van der Waals surface area (Å²) in [4.78, 5) is 12.4. The average Bonchev–Trinajstić information content (AvgIpc) is 2.84. The first-order chi connectivity index (χ1) is 9.72. The molecule has 102 valence electrons. The van der Waals surface area contributed by atoms with Crippen LogP contribution in [0.4, 0.5) is 0 Å². The second-order valence-electron chi connectivity index (χ2n) is 4.89. The molecule has 1 aliphatic rings. The molecule has 1 aromatic carbocycles. The van der Waals surface area contributed by atoms with E-state index in [1.165, 1.54) is 0 Å². The Labute approximate surface area is 117 Å². The lowest BCUT2D eigenvalue weighted by Crippen LogP contribution is -2.26. The van der Waals surface area contributed by atoms with Crippen molar-refractivity contribution in [3.8, 4) is 11.6 Å². The zero-order valence-corrected chi connectivity index (χ0v) is 11.5. The summed E-state index contributed by atoms with van der Waals surface area (Å²) in [5, 5.41) is 4.52. The molecule has 1 atom stereocenters. The van der Waals surface area contributed by atoms with E-state index < -0.39 is 0 Å². The number of hydrogen-bond donors (Lipinski definition) is 0. The summed E-state index contributed by atoms with van der Waals surface area (Å²) < 4.78 is 7.47. The molecule has 1 aromatic heterocycles. The average molecular weight is 268 g/mol. The number of Topliss-reactive ketones (excluding diaryl/α,β-unsaturated/α-hetero) is 1. The van der Waals surface area contributed by atoms with Crippen LogP contribution in [0.2, 0.25) is 0 Å². The van der Waals surface area contributed by atoms with Crippen LogP contribution in [0.15, 0.2) is 36.4 Å². The Morgan fingerprint density at radius 3 is 2.80 bits per heavy atom. The molecule has 0 spiro atoms. The fourth-order valence-electron chi connectivity index (χ4n) is 2.33. The van der Waals surface area contributed by atoms with Crippen molar-refractivity contribution in [2.24, 2.45) is 5.92 Å². The normalized spacial score (nSPS) is 18.1. The number of ketones is 1. The van der Waals surface area contributed by atoms with E-state index in [2.05, 4.69) is 5.10 Å². The first-order valence-corrected chi connectivity index (χ1v) is 6.70. The van der Waals surface area contributed by atoms with Crippen LogP contribution in [0.3, 0.4) is 0 Å². The van der Waals surface area contributed by atoms with Crippen molar-refractivity contribution in [2.45, 2.75) is 13.8 Å². The highest BCUT2D eigenvalue weighted by Gasteiger charge is 2.32. The Morgan fingerprint density at radius 1 is 1.35 bits per heavy atom. The standard InChI is InChI=1S/C16H16N2O2/c1-3-7-13-14-15(19)11(2)10-20-16(14)18(17-13)12-8-5-4-6-9-12/h3-9,11H,10H2,1-2H3/b7-3+. The molecule has 3 rings (SSSR count). The summed E-state index contributed by atoms with van der Waals surface area (Å²) >= 11 is 0. The first kappa shape index (κ1) is 12.7. The number of carbonyl (C=O) groups excluding carboxylic acids is 1. The highest BCUT2D eigenvalue weighted by atomic mass is 16.5. The molecule has 0 saturated carbocycles. The Balaban J connectivity index is 2.21. The Kier molecular flexibility index (Phi) is 3.14. The summed E-state index contributed by atoms with van der Waals surface area (Å²) in [5.41, 5.74) is 2.15. The lowest BCUT2D eigenvalue weighted by molar-refractivity contribution is 0.0842. The SMILES string of the molecule is C/C=C/c1nn(-c2ccccc2)c2c1C(=O)C(C)CO2. The van der Waals surface area contributed by atoms with Crippen LogP contribution in [-0.4, -0.2) is 22.2 Å². The molecule has 4 heteroatoms. The second-order valence-corrected chi connectivity index (χ2v) is 4.89. The van der Waals surface area contributed by atoms with Crippen LogP contribution in [0, 0.1) is 5.92 Å². The summed E-state index contributed by atoms with van der Waals surface area (Å²) in [6, 6.07) is 9.70. The van der Waals surface area contributed by atoms with Gasteiger partial charge in [-0.1, -0.05) is 31.2 Å². The van der Waals surface area contributed by atoms with Gasteiger partial charge >= 0.3 is 0 Å². The van der Waals surface area contributed by atoms with Crippen LogP contribution in [-0.2, 0) is 0 Å². The number of hydrogen-bond acceptors (Lipinski definition) is 3. The fourth-order valence-corrected chi connectivity index (χ4v) is 2.33. The van der Waals surface area contributed by atoms with Crippen LogP contribution in [0.1, 0.15) is 29.9 Å². The van der Waals surface area contributed by atoms with Crippen LogP contribution < -0.4 is 4.74 Å². The van der Waals surface area contributed by atoms with E-state index in [0.29, 0.717) is 23.7 Å². The van der Waals surface area contributed by atoms with Crippen molar-refractivity contribution in [2.75, 3.05) is 6.61 Å². The van der Waals surface area contributed by atoms with Crippen molar-refractivity contribution in [3.05, 3.63) is 47.7 Å². The van der Waals surface area contributed by atoms with Gasteiger partial charge in [0.1, 0.15) is 11.3 Å². The molecular weight excluding hydrogens is 252 g/mol. The van der Waals surface area contributed by atoms with E-state index in [1.54, 1.807) is 4.68 Å². The van der Waals surface area contributed by atoms with E-state index >= 15 is 0 Å². The molecule has 0 amide bonds. The van der Waals surface area contributed by atoms with Gasteiger partial charge in [-0.2, -0.15) is 9.78 Å². The van der Waals surface area contributed by atoms with E-state index in [0.717, 1.165) is 5.69 Å². The van der Waals surface area contributed by atoms with Gasteiger partial charge < -0.3 is 4.74 Å². The van der Waals surface area contributed by atoms with Gasteiger partial charge in [0.15, 0.2) is 5.78 Å². The quantitative estimate of drug-likeness (QED) is 0.840. The number of nitrogens with zero attached hydrogens (tertiary/aromatic N) is 2. The fraction of sp³-hybridized carbons (Fsp3) is 0.250. The molecule has 1 unspecified atom stereocenters. The van der Waals surface area contributed by atoms with Gasteiger partial charge in [-0.15, -0.1) is 0 Å². The summed E-state index contributed by atoms with van der Waals surface area (Å²) in [7, 11) is 0. The van der Waals surface area contributed by atoms with Crippen molar-refractivity contribution in [1.29, 1.82) is 0 Å². The number of allylic oxidation sites excluding steroid dienone is 1. The molecule has 0 saturated heterocycles. The molecule has 0 bridgehead atoms. The number of benzene rings is 1. The van der Waals surface area contributed by atoms with Crippen molar-refractivity contribution in [3.63, 3.8) is 0 Å². The molecule has 20 heavy (non-hydrogen) atoms. The van der Waals surface area contributed by atoms with Gasteiger partial charge in [-0.3, -0.25) is 4.79 Å². The maximum absolute atomic E-state index is 12.4. The van der Waals surface area contributed by atoms with E-state index in [9.17, 15) is 4.79 Å². The van der Waals surface area contributed by atoms with Crippen LogP contribution >= 0.6 is 0 Å². The number of fused-ring (bicyclic) bond motifs is 1. The maximum Gasteiger partial charge on any atom is 0.228 e. The highest BCUT2D eigenvalue weighted by molar-refractivity contribution is 6.03. The van der Waals surface area contributed by atoms with Gasteiger partial charge in [0.25, 0.3) is 0 Å². The number of aromatic nitrogens is 2. The number of carbonyl (C=O) groups is 1. The van der Waals surface area contributed by atoms with E-state index in [-0.39, 0.29) is 11.7 Å². The van der Waals surface area contributed by atoms with E-state index in [4.69, 9.17) is 4.74 Å². The topological polar surface area (TPSA) is 44.1 Å². The second kappa shape index (κ2) is 4.96. The molecule has 0 aliphatic carbocycles. The maximum atomic E-state index is 12.4. The first-order valence-electron chi connectivity index (χ1n) is 6.70. The van der Waals surface area contributed by atoms with Crippen LogP contribution in [0.5, 0.6) is 5.88 Å². The van der Waals surface area contributed by atoms with Crippen LogP contribution in [0.25, 0.3) is 11.8 Å². The predicted molar refractivity (Wildman–Crippen MR) is 77.3 cm³/mol. The third kappa shape index (κ3) is 1.93. The molecule has 2 heterocycles. The van der Waals surface area contributed by atoms with E-state index in [1.807, 2.05) is 56.3 Å². The predicted octanol–water partition coefficient (Wildman–Crippen LogP) is 3.12. The van der Waals surface area contributed by atoms with Crippen molar-refractivity contribution < 1.29 is 9.53 Å². The molecule has 2 aromatic rings. The minimum absolute atomic E-state index is 0.0986. The molecular formula is C16H16N2O2. The molecule has 4 nitrogen and oxygen atoms in total. The monoisotopic (exact) mass is 268 g/mol. The number of ether oxygens (including phenoxy) is 1. The molecule has 0 fully saturated rings. The lowest BCUT2D eigenvalue weighted by atomic mass is 9.98. The third-order valence-electron chi connectivity index (χ3n) is 3.36. The van der Waals surface area contributed by atoms with Gasteiger partial charge in [-0.25, -0.2) is 0 Å². The molecule has 0 N–H and O–H groups in total. The molecule has 1 aliphatic heterocycles. The van der Waals surface area contributed by atoms with Crippen molar-refractivity contribution >= 4 is 11.9 Å². The Morgan fingerprint density at radius 2 is 2.10 bits per heavy atom. The molecule has 0 radical (unpaired) electrons. The Hall–Kier alpha value is -2.36. The van der Waals surface area contributed by atoms with Gasteiger partial charge in [0.2, 0.25) is 5.88 Å². The summed E-state index contributed by atoms with van der Waals surface area (Å²) in [6.07, 6.45) is 3.72.